The summed E-state index contributed by atoms with van der Waals surface area (Å²) in [7, 11) is -3.85. The maximum atomic E-state index is 13.1. The fourth-order valence-electron chi connectivity index (χ4n) is 3.55. The Bertz CT molecular complexity index is 1010. The second-order valence-electron chi connectivity index (χ2n) is 7.24. The number of nitrogens with zero attached hydrogens (tertiary/aromatic N) is 2. The van der Waals surface area contributed by atoms with Crippen molar-refractivity contribution in [3.63, 3.8) is 0 Å². The number of carbonyl (C=O) groups excluding carboxylic acids is 2. The molecule has 1 atom stereocenters. The lowest BCUT2D eigenvalue weighted by Gasteiger charge is -2.30. The molecule has 1 fully saturated rings. The summed E-state index contributed by atoms with van der Waals surface area (Å²) in [5, 5.41) is 0. The summed E-state index contributed by atoms with van der Waals surface area (Å²) in [6.07, 6.45) is 0.956. The Morgan fingerprint density at radius 1 is 1.13 bits per heavy atom. The molecular formula is C22H25FN2O5S. The van der Waals surface area contributed by atoms with E-state index >= 15 is 0 Å². The molecule has 9 heteroatoms. The van der Waals surface area contributed by atoms with Crippen LogP contribution in [0.2, 0.25) is 0 Å². The van der Waals surface area contributed by atoms with E-state index in [1.807, 2.05) is 25.1 Å². The summed E-state index contributed by atoms with van der Waals surface area (Å²) < 4.78 is 45.2. The van der Waals surface area contributed by atoms with Crippen LogP contribution in [0.25, 0.3) is 0 Å². The number of hydrogen-bond acceptors (Lipinski definition) is 5. The molecule has 31 heavy (non-hydrogen) atoms. The molecule has 1 aliphatic rings. The van der Waals surface area contributed by atoms with Crippen LogP contribution in [-0.2, 0) is 24.3 Å². The zero-order valence-corrected chi connectivity index (χ0v) is 18.1. The zero-order chi connectivity index (χ0) is 22.4. The van der Waals surface area contributed by atoms with Gasteiger partial charge in [0, 0.05) is 25.3 Å². The fourth-order valence-corrected chi connectivity index (χ4v) is 5.07. The van der Waals surface area contributed by atoms with Crippen LogP contribution in [0, 0.1) is 11.7 Å². The van der Waals surface area contributed by atoms with Gasteiger partial charge in [-0.15, -0.1) is 0 Å². The van der Waals surface area contributed by atoms with Crippen molar-refractivity contribution in [2.45, 2.75) is 24.7 Å². The molecular weight excluding hydrogens is 423 g/mol. The van der Waals surface area contributed by atoms with Gasteiger partial charge in [-0.1, -0.05) is 18.2 Å². The van der Waals surface area contributed by atoms with Crippen LogP contribution < -0.4 is 4.90 Å². The number of amides is 1. The fraction of sp³-hybridized carbons (Fsp3) is 0.364. The second-order valence-corrected chi connectivity index (χ2v) is 9.18. The predicted molar refractivity (Wildman–Crippen MR) is 113 cm³/mol. The van der Waals surface area contributed by atoms with Gasteiger partial charge in [-0.25, -0.2) is 12.8 Å². The van der Waals surface area contributed by atoms with Crippen molar-refractivity contribution >= 4 is 27.6 Å². The number of sulfonamides is 1. The maximum absolute atomic E-state index is 13.1. The van der Waals surface area contributed by atoms with Crippen molar-refractivity contribution < 1.29 is 27.1 Å². The molecule has 0 saturated carbocycles. The minimum Gasteiger partial charge on any atom is -0.455 e. The van der Waals surface area contributed by atoms with Crippen molar-refractivity contribution in [2.24, 2.45) is 5.92 Å². The van der Waals surface area contributed by atoms with Gasteiger partial charge in [-0.2, -0.15) is 4.31 Å². The number of anilines is 1. The van der Waals surface area contributed by atoms with Crippen molar-refractivity contribution in [3.8, 4) is 0 Å². The molecule has 1 aliphatic heterocycles. The number of likely N-dealkylation sites (N-methyl/N-ethyl adjacent to an activating group) is 1. The molecule has 3 rings (SSSR count). The molecule has 1 unspecified atom stereocenters. The van der Waals surface area contributed by atoms with E-state index in [1.54, 1.807) is 12.1 Å². The molecule has 0 radical (unpaired) electrons. The molecule has 0 aliphatic carbocycles. The lowest BCUT2D eigenvalue weighted by molar-refractivity contribution is -0.153. The van der Waals surface area contributed by atoms with Crippen LogP contribution in [0.4, 0.5) is 10.1 Å². The first-order valence-electron chi connectivity index (χ1n) is 10.1. The van der Waals surface area contributed by atoms with Crippen LogP contribution in [0.1, 0.15) is 19.8 Å². The number of benzene rings is 2. The van der Waals surface area contributed by atoms with Crippen molar-refractivity contribution in [1.82, 2.24) is 4.31 Å². The van der Waals surface area contributed by atoms with Crippen LogP contribution >= 0.6 is 0 Å². The summed E-state index contributed by atoms with van der Waals surface area (Å²) in [6, 6.07) is 13.6. The van der Waals surface area contributed by atoms with Gasteiger partial charge in [0.1, 0.15) is 5.82 Å². The van der Waals surface area contributed by atoms with Gasteiger partial charge in [-0.3, -0.25) is 9.59 Å². The first kappa shape index (κ1) is 22.9. The Morgan fingerprint density at radius 2 is 1.81 bits per heavy atom. The lowest BCUT2D eigenvalue weighted by Crippen LogP contribution is -2.43. The first-order valence-corrected chi connectivity index (χ1v) is 11.5. The minimum absolute atomic E-state index is 0.0282. The first-order chi connectivity index (χ1) is 14.8. The highest BCUT2D eigenvalue weighted by molar-refractivity contribution is 7.89. The Labute approximate surface area is 181 Å². The standard InChI is InChI=1S/C22H25FN2O5S/c1-2-25(19-8-4-3-5-9-19)21(26)16-30-22(27)17-7-6-14-24(15-17)31(28,29)20-12-10-18(23)11-13-20/h3-5,8-13,17H,2,6-7,14-16H2,1H3. The summed E-state index contributed by atoms with van der Waals surface area (Å²) in [4.78, 5) is 26.5. The van der Waals surface area contributed by atoms with Crippen molar-refractivity contribution in [2.75, 3.05) is 31.1 Å². The molecule has 0 bridgehead atoms. The number of hydrogen-bond donors (Lipinski definition) is 0. The second kappa shape index (κ2) is 10.0. The number of esters is 1. The van der Waals surface area contributed by atoms with Gasteiger partial charge in [-0.05, 0) is 56.2 Å². The van der Waals surface area contributed by atoms with E-state index in [0.29, 0.717) is 25.1 Å². The molecule has 2 aromatic rings. The SMILES string of the molecule is CCN(C(=O)COC(=O)C1CCCN(S(=O)(=O)c2ccc(F)cc2)C1)c1ccccc1. The third-order valence-corrected chi connectivity index (χ3v) is 7.07. The van der Waals surface area contributed by atoms with Crippen LogP contribution in [0.3, 0.4) is 0 Å². The molecule has 1 heterocycles. The molecule has 166 valence electrons. The molecule has 1 amide bonds. The van der Waals surface area contributed by atoms with E-state index in [4.69, 9.17) is 4.74 Å². The van der Waals surface area contributed by atoms with E-state index in [9.17, 15) is 22.4 Å². The Morgan fingerprint density at radius 3 is 2.45 bits per heavy atom. The van der Waals surface area contributed by atoms with Crippen molar-refractivity contribution in [3.05, 3.63) is 60.4 Å². The van der Waals surface area contributed by atoms with E-state index in [-0.39, 0.29) is 23.9 Å². The van der Waals surface area contributed by atoms with E-state index < -0.39 is 34.3 Å². The molecule has 0 spiro atoms. The smallest absolute Gasteiger partial charge is 0.310 e. The highest BCUT2D eigenvalue weighted by atomic mass is 32.2. The molecule has 2 aromatic carbocycles. The molecule has 0 N–H and O–H groups in total. The quantitative estimate of drug-likeness (QED) is 0.608. The van der Waals surface area contributed by atoms with E-state index in [1.165, 1.54) is 21.3 Å². The number of ether oxygens (including phenoxy) is 1. The van der Waals surface area contributed by atoms with Gasteiger partial charge in [0.2, 0.25) is 10.0 Å². The number of rotatable bonds is 7. The number of carbonyl (C=O) groups is 2. The summed E-state index contributed by atoms with van der Waals surface area (Å²) in [5.41, 5.74) is 0.709. The maximum Gasteiger partial charge on any atom is 0.310 e. The Kier molecular flexibility index (Phi) is 7.40. The predicted octanol–water partition coefficient (Wildman–Crippen LogP) is 2.82. The van der Waals surface area contributed by atoms with Gasteiger partial charge in [0.25, 0.3) is 5.91 Å². The van der Waals surface area contributed by atoms with E-state index in [0.717, 1.165) is 12.1 Å². The van der Waals surface area contributed by atoms with E-state index in [2.05, 4.69) is 0 Å². The molecule has 0 aromatic heterocycles. The van der Waals surface area contributed by atoms with Crippen LogP contribution in [0.15, 0.2) is 59.5 Å². The third kappa shape index (κ3) is 5.48. The number of halogens is 1. The number of para-hydroxylation sites is 1. The Hall–Kier alpha value is -2.78. The summed E-state index contributed by atoms with van der Waals surface area (Å²) >= 11 is 0. The van der Waals surface area contributed by atoms with Crippen molar-refractivity contribution in [1.29, 1.82) is 0 Å². The van der Waals surface area contributed by atoms with Gasteiger partial charge >= 0.3 is 5.97 Å². The highest BCUT2D eigenvalue weighted by Gasteiger charge is 2.34. The topological polar surface area (TPSA) is 84.0 Å². The normalized spacial score (nSPS) is 17.2. The van der Waals surface area contributed by atoms with Gasteiger partial charge in [0.05, 0.1) is 10.8 Å². The Balaban J connectivity index is 1.60. The average molecular weight is 449 g/mol. The third-order valence-electron chi connectivity index (χ3n) is 5.19. The van der Waals surface area contributed by atoms with Gasteiger partial charge < -0.3 is 9.64 Å². The van der Waals surface area contributed by atoms with Crippen LogP contribution in [0.5, 0.6) is 0 Å². The lowest BCUT2D eigenvalue weighted by atomic mass is 10.00. The van der Waals surface area contributed by atoms with Crippen LogP contribution in [-0.4, -0.2) is 50.8 Å². The highest BCUT2D eigenvalue weighted by Crippen LogP contribution is 2.25. The summed E-state index contributed by atoms with van der Waals surface area (Å²) in [6.45, 7) is 2.06. The monoisotopic (exact) mass is 448 g/mol. The number of piperidine rings is 1. The molecule has 7 nitrogen and oxygen atoms in total. The zero-order valence-electron chi connectivity index (χ0n) is 17.2. The summed E-state index contributed by atoms with van der Waals surface area (Å²) in [5.74, 6) is -2.14. The van der Waals surface area contributed by atoms with Gasteiger partial charge in [0.15, 0.2) is 6.61 Å². The minimum atomic E-state index is -3.85. The molecule has 1 saturated heterocycles. The average Bonchev–Trinajstić information content (AvgIpc) is 2.79. The largest absolute Gasteiger partial charge is 0.455 e.